The zero-order valence-corrected chi connectivity index (χ0v) is 23.6. The highest BCUT2D eigenvalue weighted by Crippen LogP contribution is 2.32. The molecule has 1 aliphatic heterocycles. The summed E-state index contributed by atoms with van der Waals surface area (Å²) in [7, 11) is 0. The molecule has 17 heteroatoms. The van der Waals surface area contributed by atoms with Gasteiger partial charge >= 0.3 is 11.9 Å². The summed E-state index contributed by atoms with van der Waals surface area (Å²) < 4.78 is 17.1. The number of nitrogens with one attached hydrogen (secondary N) is 2. The molecule has 7 N–H and O–H groups in total. The van der Waals surface area contributed by atoms with Gasteiger partial charge in [-0.15, -0.1) is 0 Å². The number of nitrogens with two attached hydrogens (primary N) is 1. The molecule has 1 aliphatic rings. The molecule has 0 aliphatic carbocycles. The van der Waals surface area contributed by atoms with Gasteiger partial charge in [-0.3, -0.25) is 23.7 Å². The molecule has 232 valence electrons. The van der Waals surface area contributed by atoms with Gasteiger partial charge in [0.2, 0.25) is 11.8 Å². The third-order valence-corrected chi connectivity index (χ3v) is 6.51. The largest absolute Gasteiger partial charge is 0.465 e. The molecule has 5 atom stereocenters. The van der Waals surface area contributed by atoms with Gasteiger partial charge in [0.25, 0.3) is 0 Å². The maximum Gasteiger partial charge on any atom is 0.317 e. The molecule has 2 aromatic rings. The number of amides is 2. The fourth-order valence-electron chi connectivity index (χ4n) is 4.00. The van der Waals surface area contributed by atoms with Crippen molar-refractivity contribution in [2.45, 2.75) is 70.7 Å². The van der Waals surface area contributed by atoms with Crippen LogP contribution in [-0.4, -0.2) is 109 Å². The lowest BCUT2D eigenvalue weighted by molar-refractivity contribution is -0.162. The van der Waals surface area contributed by atoms with Crippen LogP contribution in [0.25, 0.3) is 11.2 Å². The number of ether oxygens (including phenoxy) is 3. The van der Waals surface area contributed by atoms with E-state index in [4.69, 9.17) is 19.9 Å². The maximum absolute atomic E-state index is 12.3. The third-order valence-electron chi connectivity index (χ3n) is 6.51. The highest BCUT2D eigenvalue weighted by molar-refractivity contribution is 5.91. The van der Waals surface area contributed by atoms with Crippen molar-refractivity contribution in [1.82, 2.24) is 30.2 Å². The van der Waals surface area contributed by atoms with Crippen LogP contribution in [-0.2, 0) is 33.4 Å². The van der Waals surface area contributed by atoms with Crippen LogP contribution in [0.1, 0.15) is 46.3 Å². The van der Waals surface area contributed by atoms with Crippen LogP contribution in [0.3, 0.4) is 0 Å². The molecule has 0 unspecified atom stereocenters. The van der Waals surface area contributed by atoms with Crippen molar-refractivity contribution in [1.29, 1.82) is 0 Å². The Hall–Kier alpha value is -3.93. The average Bonchev–Trinajstić information content (AvgIpc) is 3.50. The van der Waals surface area contributed by atoms with E-state index in [-0.39, 0.29) is 35.9 Å². The lowest BCUT2D eigenvalue weighted by Gasteiger charge is -2.28. The standard InChI is InChI=1S/C25H37N7O10/c1-4-6-27-14(33)5-7-28-23(39)20(38)25(2,3)10-41-16(35)8-15(34)40-9-13-18(36)19(37)24(42-13)32-12-31-17-21(26)29-11-30-22(17)32/h11-13,18-20,24,36-38H,4-10H2,1-3H3,(H,27,33)(H,28,39)(H2,26,29,30)/t13-,18-,19-,20-,24-/m0/s1. The fourth-order valence-corrected chi connectivity index (χ4v) is 4.00. The average molecular weight is 596 g/mol. The van der Waals surface area contributed by atoms with Crippen LogP contribution in [0.4, 0.5) is 5.82 Å². The van der Waals surface area contributed by atoms with Crippen LogP contribution in [0.15, 0.2) is 12.7 Å². The first-order chi connectivity index (χ1) is 19.9. The zero-order chi connectivity index (χ0) is 31.0. The van der Waals surface area contributed by atoms with Gasteiger partial charge in [-0.2, -0.15) is 0 Å². The molecule has 0 aromatic carbocycles. The molecule has 3 heterocycles. The Morgan fingerprint density at radius 3 is 2.52 bits per heavy atom. The van der Waals surface area contributed by atoms with E-state index < -0.39 is 73.5 Å². The number of hydrogen-bond acceptors (Lipinski definition) is 14. The predicted octanol–water partition coefficient (Wildman–Crippen LogP) is -2.08. The van der Waals surface area contributed by atoms with Crippen molar-refractivity contribution in [3.05, 3.63) is 12.7 Å². The summed E-state index contributed by atoms with van der Waals surface area (Å²) in [5.74, 6) is -2.81. The van der Waals surface area contributed by atoms with E-state index in [2.05, 4.69) is 25.6 Å². The Balaban J connectivity index is 1.42. The normalized spacial score (nSPS) is 21.1. The Morgan fingerprint density at radius 1 is 1.10 bits per heavy atom. The smallest absolute Gasteiger partial charge is 0.317 e. The molecule has 1 saturated heterocycles. The number of carbonyl (C=O) groups is 4. The first-order valence-electron chi connectivity index (χ1n) is 13.3. The number of aromatic nitrogens is 4. The van der Waals surface area contributed by atoms with Crippen LogP contribution < -0.4 is 16.4 Å². The molecule has 0 spiro atoms. The van der Waals surface area contributed by atoms with E-state index in [1.165, 1.54) is 31.1 Å². The van der Waals surface area contributed by atoms with Crippen molar-refractivity contribution in [2.24, 2.45) is 5.41 Å². The second-order valence-corrected chi connectivity index (χ2v) is 10.4. The molecular weight excluding hydrogens is 558 g/mol. The Labute approximate surface area is 240 Å². The first-order valence-corrected chi connectivity index (χ1v) is 13.3. The number of anilines is 1. The van der Waals surface area contributed by atoms with Crippen molar-refractivity contribution in [2.75, 3.05) is 32.0 Å². The van der Waals surface area contributed by atoms with Crippen molar-refractivity contribution in [3.8, 4) is 0 Å². The minimum Gasteiger partial charge on any atom is -0.465 e. The second kappa shape index (κ2) is 14.3. The summed E-state index contributed by atoms with van der Waals surface area (Å²) >= 11 is 0. The van der Waals surface area contributed by atoms with Crippen molar-refractivity contribution in [3.63, 3.8) is 0 Å². The highest BCUT2D eigenvalue weighted by Gasteiger charge is 2.45. The Morgan fingerprint density at radius 2 is 1.81 bits per heavy atom. The summed E-state index contributed by atoms with van der Waals surface area (Å²) in [6.07, 6.45) is -4.11. The SMILES string of the molecule is CCCNC(=O)CCNC(=O)[C@H](O)C(C)(C)COC(=O)CC(=O)OC[C@@H]1O[C@H](n2cnc3c(N)ncnc32)[C@@H](O)[C@H]1O. The van der Waals surface area contributed by atoms with E-state index in [0.29, 0.717) is 6.54 Å². The molecular formula is C25H37N7O10. The molecule has 17 nitrogen and oxygen atoms in total. The molecule has 0 saturated carbocycles. The van der Waals surface area contributed by atoms with Crippen molar-refractivity contribution >= 4 is 40.7 Å². The molecule has 42 heavy (non-hydrogen) atoms. The Kier molecular flexibility index (Phi) is 11.1. The van der Waals surface area contributed by atoms with Gasteiger partial charge < -0.3 is 45.9 Å². The molecule has 2 amide bonds. The quantitative estimate of drug-likeness (QED) is 0.101. The van der Waals surface area contributed by atoms with E-state index >= 15 is 0 Å². The number of hydrogen-bond donors (Lipinski definition) is 6. The minimum atomic E-state index is -1.56. The van der Waals surface area contributed by atoms with E-state index in [1.54, 1.807) is 0 Å². The van der Waals surface area contributed by atoms with Gasteiger partial charge in [-0.1, -0.05) is 20.8 Å². The van der Waals surface area contributed by atoms with Gasteiger partial charge in [0.05, 0.1) is 12.9 Å². The number of imidazole rings is 1. The summed E-state index contributed by atoms with van der Waals surface area (Å²) in [6, 6.07) is 0. The van der Waals surface area contributed by atoms with Gasteiger partial charge in [-0.25, -0.2) is 15.0 Å². The van der Waals surface area contributed by atoms with Crippen LogP contribution >= 0.6 is 0 Å². The van der Waals surface area contributed by atoms with Gasteiger partial charge in [0, 0.05) is 24.9 Å². The first kappa shape index (κ1) is 32.6. The number of carbonyl (C=O) groups excluding carboxylic acids is 4. The maximum atomic E-state index is 12.3. The minimum absolute atomic E-state index is 0.0201. The topological polar surface area (TPSA) is 250 Å². The van der Waals surface area contributed by atoms with Gasteiger partial charge in [0.15, 0.2) is 17.7 Å². The van der Waals surface area contributed by atoms with Gasteiger partial charge in [0.1, 0.15) is 49.3 Å². The molecule has 1 fully saturated rings. The number of fused-ring (bicyclic) bond motifs is 1. The number of aliphatic hydroxyl groups excluding tert-OH is 3. The number of nitrogens with zero attached hydrogens (tertiary/aromatic N) is 4. The molecule has 2 aromatic heterocycles. The number of aliphatic hydroxyl groups is 3. The highest BCUT2D eigenvalue weighted by atomic mass is 16.6. The predicted molar refractivity (Wildman–Crippen MR) is 143 cm³/mol. The van der Waals surface area contributed by atoms with Crippen LogP contribution in [0.2, 0.25) is 0 Å². The summed E-state index contributed by atoms with van der Waals surface area (Å²) in [5.41, 5.74) is 5.10. The lowest BCUT2D eigenvalue weighted by Crippen LogP contribution is -2.47. The molecule has 0 bridgehead atoms. The molecule has 3 rings (SSSR count). The summed E-state index contributed by atoms with van der Waals surface area (Å²) in [5, 5.41) is 36.4. The number of rotatable bonds is 14. The monoisotopic (exact) mass is 595 g/mol. The zero-order valence-electron chi connectivity index (χ0n) is 23.6. The number of nitrogen functional groups attached to an aromatic ring is 1. The summed E-state index contributed by atoms with van der Waals surface area (Å²) in [4.78, 5) is 60.3. The number of esters is 2. The van der Waals surface area contributed by atoms with E-state index in [0.717, 1.165) is 6.42 Å². The van der Waals surface area contributed by atoms with Crippen LogP contribution in [0.5, 0.6) is 0 Å². The fraction of sp³-hybridized carbons (Fsp3) is 0.640. The van der Waals surface area contributed by atoms with Gasteiger partial charge in [-0.05, 0) is 6.42 Å². The molecule has 0 radical (unpaired) electrons. The van der Waals surface area contributed by atoms with E-state index in [9.17, 15) is 34.5 Å². The second-order valence-electron chi connectivity index (χ2n) is 10.4. The Bertz CT molecular complexity index is 1270. The van der Waals surface area contributed by atoms with Crippen LogP contribution in [0, 0.1) is 5.41 Å². The lowest BCUT2D eigenvalue weighted by atomic mass is 9.87. The summed E-state index contributed by atoms with van der Waals surface area (Å²) in [6.45, 7) is 4.56. The third kappa shape index (κ3) is 8.09. The van der Waals surface area contributed by atoms with Crippen molar-refractivity contribution < 1.29 is 48.7 Å². The van der Waals surface area contributed by atoms with E-state index in [1.807, 2.05) is 6.92 Å².